The Morgan fingerprint density at radius 3 is 2.52 bits per heavy atom. The van der Waals surface area contributed by atoms with Crippen LogP contribution in [-0.2, 0) is 0 Å². The Balaban J connectivity index is 1.98. The number of aliphatic hydroxyl groups is 1. The van der Waals surface area contributed by atoms with E-state index in [1.54, 1.807) is 17.9 Å². The predicted octanol–water partition coefficient (Wildman–Crippen LogP) is 1.93. The maximum atomic E-state index is 12.2. The number of carboxylic acid groups (broad SMARTS) is 1. The largest absolute Gasteiger partial charge is 0.478 e. The maximum absolute atomic E-state index is 12.2. The minimum atomic E-state index is -0.984. The highest BCUT2D eigenvalue weighted by atomic mass is 16.4. The van der Waals surface area contributed by atoms with Crippen LogP contribution in [0.5, 0.6) is 0 Å². The fourth-order valence-corrected chi connectivity index (χ4v) is 2.45. The second-order valence-electron chi connectivity index (χ2n) is 5.38. The zero-order chi connectivity index (χ0) is 15.4. The lowest BCUT2D eigenvalue weighted by Crippen LogP contribution is -2.41. The summed E-state index contributed by atoms with van der Waals surface area (Å²) >= 11 is 0. The van der Waals surface area contributed by atoms with E-state index in [0.717, 1.165) is 12.8 Å². The Morgan fingerprint density at radius 2 is 2.00 bits per heavy atom. The maximum Gasteiger partial charge on any atom is 0.335 e. The lowest BCUT2D eigenvalue weighted by Gasteiger charge is -2.31. The first-order valence-electron chi connectivity index (χ1n) is 7.02. The number of urea groups is 1. The highest BCUT2D eigenvalue weighted by molar-refractivity contribution is 5.92. The first-order chi connectivity index (χ1) is 10.0. The van der Waals surface area contributed by atoms with Gasteiger partial charge in [-0.15, -0.1) is 0 Å². The van der Waals surface area contributed by atoms with Crippen molar-refractivity contribution in [2.45, 2.75) is 19.8 Å². The van der Waals surface area contributed by atoms with Crippen LogP contribution in [0.3, 0.4) is 0 Å². The fourth-order valence-electron chi connectivity index (χ4n) is 2.45. The predicted molar refractivity (Wildman–Crippen MR) is 78.5 cm³/mol. The van der Waals surface area contributed by atoms with Crippen LogP contribution in [0.2, 0.25) is 0 Å². The third-order valence-corrected chi connectivity index (χ3v) is 3.87. The van der Waals surface area contributed by atoms with E-state index in [1.807, 2.05) is 0 Å². The Hall–Kier alpha value is -2.08. The number of aryl methyl sites for hydroxylation is 1. The second kappa shape index (κ2) is 6.58. The Kier molecular flexibility index (Phi) is 4.80. The molecule has 1 saturated heterocycles. The molecule has 1 heterocycles. The molecule has 21 heavy (non-hydrogen) atoms. The van der Waals surface area contributed by atoms with Crippen molar-refractivity contribution >= 4 is 17.7 Å². The van der Waals surface area contributed by atoms with Gasteiger partial charge in [0, 0.05) is 25.4 Å². The van der Waals surface area contributed by atoms with Crippen LogP contribution in [0, 0.1) is 12.8 Å². The van der Waals surface area contributed by atoms with Gasteiger partial charge in [0.25, 0.3) is 0 Å². The third-order valence-electron chi connectivity index (χ3n) is 3.87. The summed E-state index contributed by atoms with van der Waals surface area (Å²) < 4.78 is 0. The number of nitrogens with zero attached hydrogens (tertiary/aromatic N) is 1. The highest BCUT2D eigenvalue weighted by Gasteiger charge is 2.22. The fraction of sp³-hybridized carbons (Fsp3) is 0.467. The Labute approximate surface area is 123 Å². The van der Waals surface area contributed by atoms with Crippen LogP contribution in [-0.4, -0.2) is 46.8 Å². The molecule has 3 N–H and O–H groups in total. The molecule has 1 aromatic carbocycles. The summed E-state index contributed by atoms with van der Waals surface area (Å²) in [6.07, 6.45) is 1.61. The number of carboxylic acids is 1. The van der Waals surface area contributed by atoms with Gasteiger partial charge in [0.1, 0.15) is 0 Å². The van der Waals surface area contributed by atoms with Gasteiger partial charge in [-0.05, 0) is 49.4 Å². The van der Waals surface area contributed by atoms with Crippen molar-refractivity contribution in [1.82, 2.24) is 4.90 Å². The van der Waals surface area contributed by atoms with Crippen molar-refractivity contribution in [1.29, 1.82) is 0 Å². The molecular formula is C15H20N2O4. The van der Waals surface area contributed by atoms with Gasteiger partial charge in [-0.3, -0.25) is 0 Å². The summed E-state index contributed by atoms with van der Waals surface area (Å²) in [5, 5.41) is 20.8. The van der Waals surface area contributed by atoms with E-state index in [-0.39, 0.29) is 24.1 Å². The molecule has 1 aliphatic rings. The van der Waals surface area contributed by atoms with Crippen LogP contribution in [0.25, 0.3) is 0 Å². The van der Waals surface area contributed by atoms with Gasteiger partial charge in [-0.25, -0.2) is 9.59 Å². The number of hydrogen-bond donors (Lipinski definition) is 3. The van der Waals surface area contributed by atoms with Gasteiger partial charge in [0.2, 0.25) is 0 Å². The number of aliphatic hydroxyl groups excluding tert-OH is 1. The number of hydrogen-bond acceptors (Lipinski definition) is 3. The molecule has 0 atom stereocenters. The monoisotopic (exact) mass is 292 g/mol. The van der Waals surface area contributed by atoms with E-state index in [1.165, 1.54) is 12.1 Å². The van der Waals surface area contributed by atoms with Crippen LogP contribution in [0.1, 0.15) is 28.8 Å². The molecular weight excluding hydrogens is 272 g/mol. The van der Waals surface area contributed by atoms with E-state index < -0.39 is 5.97 Å². The molecule has 6 heteroatoms. The first-order valence-corrected chi connectivity index (χ1v) is 7.02. The van der Waals surface area contributed by atoms with E-state index in [0.29, 0.717) is 24.3 Å². The van der Waals surface area contributed by atoms with Crippen LogP contribution < -0.4 is 5.32 Å². The molecule has 114 valence electrons. The third kappa shape index (κ3) is 3.72. The summed E-state index contributed by atoms with van der Waals surface area (Å²) in [5.41, 5.74) is 1.54. The topological polar surface area (TPSA) is 89.9 Å². The second-order valence-corrected chi connectivity index (χ2v) is 5.38. The normalized spacial score (nSPS) is 15.8. The van der Waals surface area contributed by atoms with Crippen LogP contribution in [0.15, 0.2) is 18.2 Å². The van der Waals surface area contributed by atoms with E-state index in [4.69, 9.17) is 10.2 Å². The minimum absolute atomic E-state index is 0.172. The number of carbonyl (C=O) groups is 2. The van der Waals surface area contributed by atoms with E-state index in [9.17, 15) is 9.59 Å². The van der Waals surface area contributed by atoms with Crippen LogP contribution in [0.4, 0.5) is 10.5 Å². The van der Waals surface area contributed by atoms with Gasteiger partial charge < -0.3 is 20.4 Å². The minimum Gasteiger partial charge on any atom is -0.478 e. The van der Waals surface area contributed by atoms with Crippen molar-refractivity contribution < 1.29 is 19.8 Å². The van der Waals surface area contributed by atoms with Crippen molar-refractivity contribution in [3.05, 3.63) is 29.3 Å². The molecule has 1 aliphatic heterocycles. The molecule has 0 radical (unpaired) electrons. The molecule has 0 aliphatic carbocycles. The SMILES string of the molecule is Cc1cc(C(=O)O)ccc1NC(=O)N1CCC(CO)CC1. The van der Waals surface area contributed by atoms with Crippen molar-refractivity contribution in [3.63, 3.8) is 0 Å². The summed E-state index contributed by atoms with van der Waals surface area (Å²) in [7, 11) is 0. The quantitative estimate of drug-likeness (QED) is 0.794. The molecule has 0 unspecified atom stereocenters. The van der Waals surface area contributed by atoms with Gasteiger partial charge in [0.05, 0.1) is 5.56 Å². The number of amides is 2. The zero-order valence-corrected chi connectivity index (χ0v) is 12.0. The molecule has 2 rings (SSSR count). The number of benzene rings is 1. The average molecular weight is 292 g/mol. The number of anilines is 1. The number of likely N-dealkylation sites (tertiary alicyclic amines) is 1. The molecule has 1 aromatic rings. The Bertz CT molecular complexity index is 536. The molecule has 2 amide bonds. The first kappa shape index (κ1) is 15.3. The van der Waals surface area contributed by atoms with Crippen molar-refractivity contribution in [3.8, 4) is 0 Å². The molecule has 0 saturated carbocycles. The number of carbonyl (C=O) groups excluding carboxylic acids is 1. The standard InChI is InChI=1S/C15H20N2O4/c1-10-8-12(14(19)20)2-3-13(10)16-15(21)17-6-4-11(9-18)5-7-17/h2-3,8,11,18H,4-7,9H2,1H3,(H,16,21)(H,19,20). The summed E-state index contributed by atoms with van der Waals surface area (Å²) in [4.78, 5) is 24.8. The summed E-state index contributed by atoms with van der Waals surface area (Å²) in [6, 6.07) is 4.44. The number of rotatable bonds is 3. The molecule has 0 spiro atoms. The van der Waals surface area contributed by atoms with E-state index >= 15 is 0 Å². The zero-order valence-electron chi connectivity index (χ0n) is 12.0. The van der Waals surface area contributed by atoms with Gasteiger partial charge in [0.15, 0.2) is 0 Å². The lowest BCUT2D eigenvalue weighted by atomic mass is 9.98. The number of piperidine rings is 1. The summed E-state index contributed by atoms with van der Waals surface area (Å²) in [6.45, 7) is 3.19. The van der Waals surface area contributed by atoms with Gasteiger partial charge in [-0.2, -0.15) is 0 Å². The molecule has 6 nitrogen and oxygen atoms in total. The molecule has 1 fully saturated rings. The van der Waals surface area contributed by atoms with Crippen molar-refractivity contribution in [2.75, 3.05) is 25.0 Å². The lowest BCUT2D eigenvalue weighted by molar-refractivity contribution is 0.0697. The molecule has 0 aromatic heterocycles. The number of nitrogens with one attached hydrogen (secondary N) is 1. The Morgan fingerprint density at radius 1 is 1.33 bits per heavy atom. The number of aromatic carboxylic acids is 1. The van der Waals surface area contributed by atoms with Crippen molar-refractivity contribution in [2.24, 2.45) is 5.92 Å². The van der Waals surface area contributed by atoms with E-state index in [2.05, 4.69) is 5.32 Å². The van der Waals surface area contributed by atoms with Gasteiger partial charge >= 0.3 is 12.0 Å². The molecule has 0 bridgehead atoms. The summed E-state index contributed by atoms with van der Waals surface area (Å²) in [5.74, 6) is -0.701. The average Bonchev–Trinajstić information content (AvgIpc) is 2.49. The highest BCUT2D eigenvalue weighted by Crippen LogP contribution is 2.20. The van der Waals surface area contributed by atoms with Gasteiger partial charge in [-0.1, -0.05) is 0 Å². The van der Waals surface area contributed by atoms with Crippen LogP contribution >= 0.6 is 0 Å². The smallest absolute Gasteiger partial charge is 0.335 e.